The van der Waals surface area contributed by atoms with Gasteiger partial charge in [0.25, 0.3) is 5.91 Å². The quantitative estimate of drug-likeness (QED) is 0.631. The van der Waals surface area contributed by atoms with Gasteiger partial charge < -0.3 is 20.1 Å². The van der Waals surface area contributed by atoms with Crippen molar-refractivity contribution in [3.8, 4) is 11.8 Å². The van der Waals surface area contributed by atoms with Crippen molar-refractivity contribution in [3.05, 3.63) is 0 Å². The summed E-state index contributed by atoms with van der Waals surface area (Å²) < 4.78 is 5.26. The molecule has 144 valence electrons. The van der Waals surface area contributed by atoms with Gasteiger partial charge in [0.15, 0.2) is 0 Å². The third kappa shape index (κ3) is 5.71. The van der Waals surface area contributed by atoms with Crippen LogP contribution in [0.15, 0.2) is 0 Å². The number of hydrogen-bond donors (Lipinski definition) is 2. The first-order valence-electron chi connectivity index (χ1n) is 8.99. The van der Waals surface area contributed by atoms with Gasteiger partial charge in [-0.05, 0) is 18.3 Å². The molecule has 2 heterocycles. The molecule has 8 heteroatoms. The summed E-state index contributed by atoms with van der Waals surface area (Å²) in [6.45, 7) is 7.76. The Morgan fingerprint density at radius 2 is 1.92 bits per heavy atom. The first-order chi connectivity index (χ1) is 12.4. The van der Waals surface area contributed by atoms with Crippen LogP contribution in [0.1, 0.15) is 20.3 Å². The van der Waals surface area contributed by atoms with E-state index in [1.807, 2.05) is 0 Å². The molecule has 0 aromatic rings. The van der Waals surface area contributed by atoms with E-state index in [1.54, 1.807) is 18.7 Å². The Morgan fingerprint density at radius 1 is 1.23 bits per heavy atom. The summed E-state index contributed by atoms with van der Waals surface area (Å²) in [6, 6.07) is -0.916. The third-order valence-corrected chi connectivity index (χ3v) is 4.68. The number of nitrogens with one attached hydrogen (secondary N) is 1. The van der Waals surface area contributed by atoms with Crippen molar-refractivity contribution in [3.63, 3.8) is 0 Å². The topological polar surface area (TPSA) is 99.2 Å². The molecule has 0 bridgehead atoms. The third-order valence-electron chi connectivity index (χ3n) is 4.68. The number of amides is 2. The number of carbonyl (C=O) groups excluding carboxylic acids is 2. The molecule has 0 spiro atoms. The summed E-state index contributed by atoms with van der Waals surface area (Å²) in [5.41, 5.74) is 0. The smallest absolute Gasteiger partial charge is 0.326 e. The minimum atomic E-state index is -1.05. The summed E-state index contributed by atoms with van der Waals surface area (Å²) >= 11 is 0. The van der Waals surface area contributed by atoms with Gasteiger partial charge in [0, 0.05) is 26.2 Å². The van der Waals surface area contributed by atoms with Crippen LogP contribution in [0, 0.1) is 23.7 Å². The van der Waals surface area contributed by atoms with Gasteiger partial charge in [0.2, 0.25) is 5.91 Å². The van der Waals surface area contributed by atoms with Gasteiger partial charge in [-0.1, -0.05) is 19.8 Å². The minimum Gasteiger partial charge on any atom is -0.480 e. The second kappa shape index (κ2) is 9.55. The highest BCUT2D eigenvalue weighted by atomic mass is 16.5. The molecule has 2 aliphatic heterocycles. The molecule has 26 heavy (non-hydrogen) atoms. The van der Waals surface area contributed by atoms with E-state index >= 15 is 0 Å². The average molecular weight is 365 g/mol. The van der Waals surface area contributed by atoms with Crippen LogP contribution in [0.4, 0.5) is 0 Å². The predicted molar refractivity (Wildman–Crippen MR) is 94.1 cm³/mol. The minimum absolute atomic E-state index is 0.207. The fourth-order valence-electron chi connectivity index (χ4n) is 3.01. The van der Waals surface area contributed by atoms with Crippen molar-refractivity contribution in [1.82, 2.24) is 15.1 Å². The lowest BCUT2D eigenvalue weighted by Gasteiger charge is -2.24. The first kappa shape index (κ1) is 20.2. The fourth-order valence-corrected chi connectivity index (χ4v) is 3.01. The van der Waals surface area contributed by atoms with Crippen LogP contribution in [-0.4, -0.2) is 84.7 Å². The van der Waals surface area contributed by atoms with E-state index in [2.05, 4.69) is 22.1 Å². The van der Waals surface area contributed by atoms with Crippen molar-refractivity contribution in [2.24, 2.45) is 11.8 Å². The molecule has 2 fully saturated rings. The molecule has 2 aliphatic rings. The van der Waals surface area contributed by atoms with Crippen molar-refractivity contribution >= 4 is 17.8 Å². The van der Waals surface area contributed by atoms with Gasteiger partial charge in [-0.25, -0.2) is 4.79 Å². The van der Waals surface area contributed by atoms with Crippen LogP contribution in [0.2, 0.25) is 0 Å². The van der Waals surface area contributed by atoms with E-state index in [0.717, 1.165) is 13.1 Å². The molecule has 0 aliphatic carbocycles. The molecule has 2 N–H and O–H groups in total. The number of ether oxygens (including phenoxy) is 1. The Balaban J connectivity index is 1.80. The van der Waals surface area contributed by atoms with E-state index in [1.165, 1.54) is 0 Å². The van der Waals surface area contributed by atoms with E-state index in [0.29, 0.717) is 32.7 Å². The molecule has 2 atom stereocenters. The van der Waals surface area contributed by atoms with Gasteiger partial charge in [-0.15, -0.1) is 0 Å². The number of aliphatic carboxylic acids is 1. The van der Waals surface area contributed by atoms with Crippen molar-refractivity contribution < 1.29 is 24.2 Å². The zero-order chi connectivity index (χ0) is 19.1. The normalized spacial score (nSPS) is 21.8. The Kier molecular flexibility index (Phi) is 7.42. The zero-order valence-electron chi connectivity index (χ0n) is 15.4. The van der Waals surface area contributed by atoms with E-state index < -0.39 is 12.0 Å². The standard InChI is InChI=1S/C18H27N3O5/c1-13(2)16(18(24)25)19-17(23)14-5-7-21(12-14)15(22)4-3-6-20-8-10-26-11-9-20/h13-14,16H,5-12H2,1-2H3,(H,19,23)(H,24,25)/t14-,16-/m0/s1. The van der Waals surface area contributed by atoms with Crippen LogP contribution in [0.3, 0.4) is 0 Å². The van der Waals surface area contributed by atoms with Gasteiger partial charge >= 0.3 is 5.97 Å². The number of rotatable bonds is 5. The van der Waals surface area contributed by atoms with Gasteiger partial charge in [0.05, 0.1) is 25.7 Å². The highest BCUT2D eigenvalue weighted by molar-refractivity contribution is 5.94. The molecule has 0 aromatic carbocycles. The second-order valence-electron chi connectivity index (χ2n) is 7.00. The molecule has 0 saturated carbocycles. The summed E-state index contributed by atoms with van der Waals surface area (Å²) in [5.74, 6) is 3.28. The average Bonchev–Trinajstić information content (AvgIpc) is 3.10. The van der Waals surface area contributed by atoms with Crippen LogP contribution in [-0.2, 0) is 19.1 Å². The number of nitrogens with zero attached hydrogens (tertiary/aromatic N) is 2. The summed E-state index contributed by atoms with van der Waals surface area (Å²) in [6.07, 6.45) is 0.521. The Hall–Kier alpha value is -2.11. The molecule has 2 amide bonds. The molecule has 0 unspecified atom stereocenters. The number of hydrogen-bond acceptors (Lipinski definition) is 5. The monoisotopic (exact) mass is 365 g/mol. The Bertz CT molecular complexity index is 589. The highest BCUT2D eigenvalue weighted by Crippen LogP contribution is 2.17. The van der Waals surface area contributed by atoms with Crippen molar-refractivity contribution in [2.45, 2.75) is 26.3 Å². The lowest BCUT2D eigenvalue weighted by Crippen LogP contribution is -2.47. The van der Waals surface area contributed by atoms with Crippen molar-refractivity contribution in [1.29, 1.82) is 0 Å². The van der Waals surface area contributed by atoms with Gasteiger partial charge in [-0.3, -0.25) is 14.5 Å². The number of carboxylic acids is 1. The van der Waals surface area contributed by atoms with Crippen LogP contribution in [0.25, 0.3) is 0 Å². The largest absolute Gasteiger partial charge is 0.480 e. The first-order valence-corrected chi connectivity index (χ1v) is 8.99. The zero-order valence-corrected chi connectivity index (χ0v) is 15.4. The summed E-state index contributed by atoms with van der Waals surface area (Å²) in [5, 5.41) is 11.7. The molecule has 2 rings (SSSR count). The fraction of sp³-hybridized carbons (Fsp3) is 0.722. The number of likely N-dealkylation sites (tertiary alicyclic amines) is 1. The second-order valence-corrected chi connectivity index (χ2v) is 7.00. The van der Waals surface area contributed by atoms with Crippen molar-refractivity contribution in [2.75, 3.05) is 45.9 Å². The SMILES string of the molecule is CC(C)[C@H](NC(=O)[C@H]1CCN(C(=O)C#CCN2CCOCC2)C1)C(=O)O. The Labute approximate surface area is 153 Å². The van der Waals surface area contributed by atoms with Crippen LogP contribution >= 0.6 is 0 Å². The maximum atomic E-state index is 12.3. The summed E-state index contributed by atoms with van der Waals surface area (Å²) in [4.78, 5) is 39.4. The molecular formula is C18H27N3O5. The lowest BCUT2D eigenvalue weighted by atomic mass is 10.0. The maximum Gasteiger partial charge on any atom is 0.326 e. The van der Waals surface area contributed by atoms with Gasteiger partial charge in [0.1, 0.15) is 6.04 Å². The predicted octanol–water partition coefficient (Wildman–Crippen LogP) is -0.604. The van der Waals surface area contributed by atoms with Gasteiger partial charge in [-0.2, -0.15) is 0 Å². The molecule has 2 saturated heterocycles. The highest BCUT2D eigenvalue weighted by Gasteiger charge is 2.33. The number of morpholine rings is 1. The maximum absolute atomic E-state index is 12.3. The van der Waals surface area contributed by atoms with E-state index in [9.17, 15) is 19.5 Å². The lowest BCUT2D eigenvalue weighted by molar-refractivity contribution is -0.143. The van der Waals surface area contributed by atoms with E-state index in [-0.39, 0.29) is 30.2 Å². The summed E-state index contributed by atoms with van der Waals surface area (Å²) in [7, 11) is 0. The van der Waals surface area contributed by atoms with Crippen LogP contribution < -0.4 is 5.32 Å². The molecular weight excluding hydrogens is 338 g/mol. The van der Waals surface area contributed by atoms with E-state index in [4.69, 9.17) is 4.74 Å². The number of carbonyl (C=O) groups is 3. The number of carboxylic acid groups (broad SMARTS) is 1. The Morgan fingerprint density at radius 3 is 2.54 bits per heavy atom. The molecule has 0 radical (unpaired) electrons. The molecule has 8 nitrogen and oxygen atoms in total. The van der Waals surface area contributed by atoms with Crippen LogP contribution in [0.5, 0.6) is 0 Å². The molecule has 0 aromatic heterocycles.